The number of rotatable bonds is 3. The summed E-state index contributed by atoms with van der Waals surface area (Å²) in [6, 6.07) is 0.941. The molecule has 0 N–H and O–H groups in total. The molecule has 0 saturated carbocycles. The van der Waals surface area contributed by atoms with Crippen LogP contribution in [0.3, 0.4) is 0 Å². The SMILES string of the molecule is [C-]#[N+]c1ccc(N=C(SCC)C2(C)CC(C(F)(F)F)N=N2)cc1C(F)(F)F. The Morgan fingerprint density at radius 1 is 1.33 bits per heavy atom. The molecule has 146 valence electrons. The lowest BCUT2D eigenvalue weighted by Crippen LogP contribution is -2.35. The molecule has 2 atom stereocenters. The minimum absolute atomic E-state index is 0.113. The lowest BCUT2D eigenvalue weighted by Gasteiger charge is -2.22. The Kier molecular flexibility index (Phi) is 5.89. The first-order valence-electron chi connectivity index (χ1n) is 7.70. The summed E-state index contributed by atoms with van der Waals surface area (Å²) in [4.78, 5) is 6.96. The summed E-state index contributed by atoms with van der Waals surface area (Å²) in [5, 5.41) is 7.14. The van der Waals surface area contributed by atoms with Crippen LogP contribution in [0.5, 0.6) is 0 Å². The molecule has 1 aliphatic heterocycles. The van der Waals surface area contributed by atoms with E-state index in [0.717, 1.165) is 17.8 Å². The molecular weight excluding hydrogens is 394 g/mol. The Labute approximate surface area is 155 Å². The Bertz CT molecular complexity index is 809. The predicted molar refractivity (Wildman–Crippen MR) is 90.7 cm³/mol. The van der Waals surface area contributed by atoms with Gasteiger partial charge >= 0.3 is 12.4 Å². The van der Waals surface area contributed by atoms with Crippen LogP contribution in [0.2, 0.25) is 0 Å². The van der Waals surface area contributed by atoms with Gasteiger partial charge in [-0.1, -0.05) is 13.0 Å². The number of thioether (sulfide) groups is 1. The Morgan fingerprint density at radius 2 is 2.00 bits per heavy atom. The minimum atomic E-state index is -4.75. The van der Waals surface area contributed by atoms with Crippen molar-refractivity contribution in [2.75, 3.05) is 5.75 Å². The Hall–Kier alpha value is -2.09. The maximum atomic E-state index is 13.1. The second kappa shape index (κ2) is 7.50. The predicted octanol–water partition coefficient (Wildman–Crippen LogP) is 6.58. The summed E-state index contributed by atoms with van der Waals surface area (Å²) >= 11 is 1.09. The smallest absolute Gasteiger partial charge is 0.244 e. The first-order valence-corrected chi connectivity index (χ1v) is 8.68. The zero-order valence-corrected chi connectivity index (χ0v) is 15.0. The Morgan fingerprint density at radius 3 is 2.48 bits per heavy atom. The number of aliphatic imine (C=N–C) groups is 1. The molecular formula is C16H14F6N4S. The molecule has 1 heterocycles. The van der Waals surface area contributed by atoms with Crippen LogP contribution in [0.15, 0.2) is 33.4 Å². The van der Waals surface area contributed by atoms with E-state index in [4.69, 9.17) is 6.57 Å². The van der Waals surface area contributed by atoms with Gasteiger partial charge in [0.05, 0.1) is 17.8 Å². The molecule has 11 heteroatoms. The molecule has 4 nitrogen and oxygen atoms in total. The third kappa shape index (κ3) is 4.80. The third-order valence-corrected chi connectivity index (χ3v) is 4.86. The van der Waals surface area contributed by atoms with Gasteiger partial charge < -0.3 is 0 Å². The van der Waals surface area contributed by atoms with E-state index in [1.807, 2.05) is 0 Å². The number of azo groups is 1. The van der Waals surface area contributed by atoms with Gasteiger partial charge in [-0.3, -0.25) is 0 Å². The van der Waals surface area contributed by atoms with Gasteiger partial charge in [-0.25, -0.2) is 9.84 Å². The number of alkyl halides is 6. The molecule has 27 heavy (non-hydrogen) atoms. The molecule has 0 saturated heterocycles. The monoisotopic (exact) mass is 408 g/mol. The van der Waals surface area contributed by atoms with Crippen molar-refractivity contribution >= 4 is 28.2 Å². The summed E-state index contributed by atoms with van der Waals surface area (Å²) in [6.07, 6.45) is -9.76. The van der Waals surface area contributed by atoms with Gasteiger partial charge in [0.1, 0.15) is 10.6 Å². The van der Waals surface area contributed by atoms with E-state index in [0.29, 0.717) is 11.8 Å². The highest BCUT2D eigenvalue weighted by Gasteiger charge is 2.50. The summed E-state index contributed by atoms with van der Waals surface area (Å²) in [5.74, 6) is 0.437. The average molecular weight is 408 g/mol. The number of hydrogen-bond acceptors (Lipinski definition) is 4. The van der Waals surface area contributed by atoms with Gasteiger partial charge in [-0.2, -0.15) is 36.6 Å². The first-order chi connectivity index (χ1) is 12.4. The summed E-state index contributed by atoms with van der Waals surface area (Å²) in [5.41, 5.74) is -3.21. The number of hydrogen-bond donors (Lipinski definition) is 0. The van der Waals surface area contributed by atoms with Crippen molar-refractivity contribution in [1.82, 2.24) is 0 Å². The van der Waals surface area contributed by atoms with E-state index in [9.17, 15) is 26.3 Å². The highest BCUT2D eigenvalue weighted by molar-refractivity contribution is 8.14. The van der Waals surface area contributed by atoms with E-state index in [1.54, 1.807) is 6.92 Å². The van der Waals surface area contributed by atoms with Gasteiger partial charge in [0.2, 0.25) is 0 Å². The fourth-order valence-electron chi connectivity index (χ4n) is 2.45. The number of nitrogens with zero attached hydrogens (tertiary/aromatic N) is 4. The van der Waals surface area contributed by atoms with Crippen molar-refractivity contribution < 1.29 is 26.3 Å². The van der Waals surface area contributed by atoms with E-state index in [2.05, 4.69) is 20.1 Å². The zero-order valence-electron chi connectivity index (χ0n) is 14.2. The van der Waals surface area contributed by atoms with Gasteiger partial charge in [0.15, 0.2) is 11.7 Å². The average Bonchev–Trinajstić information content (AvgIpc) is 2.97. The first kappa shape index (κ1) is 21.2. The van der Waals surface area contributed by atoms with Crippen molar-refractivity contribution in [3.05, 3.63) is 35.2 Å². The van der Waals surface area contributed by atoms with Crippen LogP contribution < -0.4 is 0 Å². The van der Waals surface area contributed by atoms with Gasteiger partial charge in [0.25, 0.3) is 0 Å². The summed E-state index contributed by atoms with van der Waals surface area (Å²) < 4.78 is 78.0. The number of benzene rings is 1. The minimum Gasteiger partial charge on any atom is -0.244 e. The normalized spacial score (nSPS) is 23.5. The highest BCUT2D eigenvalue weighted by atomic mass is 32.2. The molecule has 0 bridgehead atoms. The van der Waals surface area contributed by atoms with Crippen molar-refractivity contribution in [2.24, 2.45) is 15.2 Å². The summed E-state index contributed by atoms with van der Waals surface area (Å²) in [6.45, 7) is 10.00. The second-order valence-electron chi connectivity index (χ2n) is 5.91. The van der Waals surface area contributed by atoms with Gasteiger partial charge in [-0.05, 0) is 24.8 Å². The lowest BCUT2D eigenvalue weighted by atomic mass is 9.96. The molecule has 0 aliphatic carbocycles. The maximum absolute atomic E-state index is 13.1. The number of halogens is 6. The zero-order chi connectivity index (χ0) is 20.5. The fraction of sp³-hybridized carbons (Fsp3) is 0.500. The molecule has 1 aliphatic rings. The van der Waals surface area contributed by atoms with Crippen LogP contribution in [0.4, 0.5) is 37.7 Å². The fourth-order valence-corrected chi connectivity index (χ4v) is 3.33. The molecule has 1 aromatic carbocycles. The third-order valence-electron chi connectivity index (χ3n) is 3.76. The van der Waals surface area contributed by atoms with Crippen LogP contribution in [0.25, 0.3) is 4.85 Å². The van der Waals surface area contributed by atoms with Crippen LogP contribution in [-0.2, 0) is 6.18 Å². The Balaban J connectivity index is 2.45. The van der Waals surface area contributed by atoms with E-state index in [1.165, 1.54) is 13.0 Å². The van der Waals surface area contributed by atoms with Crippen LogP contribution in [0, 0.1) is 6.57 Å². The van der Waals surface area contributed by atoms with Crippen LogP contribution in [-0.4, -0.2) is 28.6 Å². The molecule has 0 aromatic heterocycles. The largest absolute Gasteiger partial charge is 0.412 e. The van der Waals surface area contributed by atoms with Crippen LogP contribution >= 0.6 is 11.8 Å². The van der Waals surface area contributed by atoms with E-state index >= 15 is 0 Å². The molecule has 0 radical (unpaired) electrons. The highest BCUT2D eigenvalue weighted by Crippen LogP contribution is 2.42. The molecule has 0 spiro atoms. The maximum Gasteiger partial charge on any atom is 0.412 e. The van der Waals surface area contributed by atoms with Gasteiger partial charge in [-0.15, -0.1) is 11.8 Å². The molecule has 0 fully saturated rings. The standard InChI is InChI=1S/C16H14F6N4S/c1-4-27-13(14(2)8-12(25-26-14)16(20,21)22)24-9-5-6-11(23-3)10(7-9)15(17,18)19/h5-7,12H,4,8H2,1-2H3. The van der Waals surface area contributed by atoms with Crippen molar-refractivity contribution in [3.8, 4) is 0 Å². The quantitative estimate of drug-likeness (QED) is 0.241. The van der Waals surface area contributed by atoms with Crippen LogP contribution in [0.1, 0.15) is 25.8 Å². The molecule has 2 rings (SSSR count). The van der Waals surface area contributed by atoms with E-state index < -0.39 is 41.6 Å². The topological polar surface area (TPSA) is 41.4 Å². The van der Waals surface area contributed by atoms with Crippen molar-refractivity contribution in [1.29, 1.82) is 0 Å². The second-order valence-corrected chi connectivity index (χ2v) is 7.16. The van der Waals surface area contributed by atoms with Crippen molar-refractivity contribution in [2.45, 2.75) is 44.2 Å². The van der Waals surface area contributed by atoms with Gasteiger partial charge in [0, 0.05) is 6.42 Å². The van der Waals surface area contributed by atoms with E-state index in [-0.39, 0.29) is 10.7 Å². The molecule has 0 amide bonds. The molecule has 2 unspecified atom stereocenters. The summed E-state index contributed by atoms with van der Waals surface area (Å²) in [7, 11) is 0. The molecule has 1 aromatic rings. The van der Waals surface area contributed by atoms with Crippen molar-refractivity contribution in [3.63, 3.8) is 0 Å². The lowest BCUT2D eigenvalue weighted by molar-refractivity contribution is -0.147.